The highest BCUT2D eigenvalue weighted by Crippen LogP contribution is 2.54. The first kappa shape index (κ1) is 19.5. The summed E-state index contributed by atoms with van der Waals surface area (Å²) in [5, 5.41) is 52.8. The van der Waals surface area contributed by atoms with E-state index in [1.54, 1.807) is 12.1 Å². The Hall–Kier alpha value is -3.80. The van der Waals surface area contributed by atoms with Gasteiger partial charge in [0.1, 0.15) is 5.69 Å². The molecule has 0 atom stereocenters. The minimum Gasteiger partial charge on any atom is -0.503 e. The molecule has 6 N–H and O–H groups in total. The van der Waals surface area contributed by atoms with Crippen LogP contribution in [0.5, 0.6) is 28.7 Å². The van der Waals surface area contributed by atoms with E-state index >= 15 is 0 Å². The van der Waals surface area contributed by atoms with E-state index in [9.17, 15) is 25.5 Å². The summed E-state index contributed by atoms with van der Waals surface area (Å²) in [6.45, 7) is 6.96. The molecule has 0 saturated carbocycles. The van der Waals surface area contributed by atoms with Crippen molar-refractivity contribution in [1.29, 1.82) is 0 Å². The van der Waals surface area contributed by atoms with Crippen LogP contribution in [-0.4, -0.2) is 25.5 Å². The maximum Gasteiger partial charge on any atom is 0.208 e. The van der Waals surface area contributed by atoms with E-state index in [0.717, 1.165) is 17.2 Å². The summed E-state index contributed by atoms with van der Waals surface area (Å²) in [4.78, 5) is 0. The molecule has 0 aliphatic heterocycles. The maximum atomic E-state index is 9.87. The average Bonchev–Trinajstić information content (AvgIpc) is 2.69. The van der Waals surface area contributed by atoms with Crippen LogP contribution in [0, 0.1) is 0 Å². The molecule has 0 bridgehead atoms. The summed E-state index contributed by atoms with van der Waals surface area (Å²) < 4.78 is 0. The van der Waals surface area contributed by atoms with E-state index in [0.29, 0.717) is 5.69 Å². The van der Waals surface area contributed by atoms with Crippen molar-refractivity contribution >= 4 is 22.1 Å². The minimum absolute atomic E-state index is 0.302. The van der Waals surface area contributed by atoms with E-state index in [-0.39, 0.29) is 5.69 Å². The molecule has 0 radical (unpaired) electrons. The van der Waals surface area contributed by atoms with Crippen LogP contribution < -0.4 is 5.32 Å². The fourth-order valence-corrected chi connectivity index (χ4v) is 2.39. The van der Waals surface area contributed by atoms with Crippen LogP contribution in [0.3, 0.4) is 0 Å². The first-order valence-corrected chi connectivity index (χ1v) is 8.07. The van der Waals surface area contributed by atoms with Gasteiger partial charge in [0.25, 0.3) is 0 Å². The van der Waals surface area contributed by atoms with Crippen molar-refractivity contribution in [2.24, 2.45) is 0 Å². The Kier molecular flexibility index (Phi) is 6.17. The predicted molar refractivity (Wildman–Crippen MR) is 107 cm³/mol. The quantitative estimate of drug-likeness (QED) is 0.223. The van der Waals surface area contributed by atoms with Crippen molar-refractivity contribution < 1.29 is 25.5 Å². The lowest BCUT2D eigenvalue weighted by atomic mass is 10.1. The molecule has 6 heteroatoms. The molecule has 0 unspecified atom stereocenters. The van der Waals surface area contributed by atoms with Gasteiger partial charge in [0.15, 0.2) is 11.5 Å². The number of hydrogen-bond acceptors (Lipinski definition) is 6. The molecule has 0 aliphatic rings. The van der Waals surface area contributed by atoms with E-state index in [2.05, 4.69) is 18.5 Å². The normalized spacial score (nSPS) is 9.93. The van der Waals surface area contributed by atoms with Gasteiger partial charge in [0.05, 0.1) is 0 Å². The van der Waals surface area contributed by atoms with Gasteiger partial charge < -0.3 is 30.8 Å². The number of allylic oxidation sites excluding steroid dienone is 2. The highest BCUT2D eigenvalue weighted by Gasteiger charge is 2.23. The molecule has 27 heavy (non-hydrogen) atoms. The van der Waals surface area contributed by atoms with Crippen molar-refractivity contribution in [3.63, 3.8) is 0 Å². The lowest BCUT2D eigenvalue weighted by Gasteiger charge is -2.15. The largest absolute Gasteiger partial charge is 0.503 e. The van der Waals surface area contributed by atoms with Crippen LogP contribution in [0.15, 0.2) is 67.8 Å². The molecule has 0 heterocycles. The summed E-state index contributed by atoms with van der Waals surface area (Å²) in [5.41, 5.74) is 0.248. The second-order valence-electron chi connectivity index (χ2n) is 5.58. The molecule has 3 aromatic rings. The van der Waals surface area contributed by atoms with E-state index < -0.39 is 28.7 Å². The summed E-state index contributed by atoms with van der Waals surface area (Å²) in [6, 6.07) is 12.8. The summed E-state index contributed by atoms with van der Waals surface area (Å²) in [6.07, 6.45) is 4.54. The minimum atomic E-state index is -0.988. The molecule has 0 amide bonds. The van der Waals surface area contributed by atoms with Gasteiger partial charge in [-0.25, -0.2) is 0 Å². The van der Waals surface area contributed by atoms with Crippen LogP contribution in [-0.2, 0) is 0 Å². The van der Waals surface area contributed by atoms with Gasteiger partial charge in [-0.3, -0.25) is 0 Å². The Morgan fingerprint density at radius 2 is 1.22 bits per heavy atom. The zero-order valence-corrected chi connectivity index (χ0v) is 14.6. The van der Waals surface area contributed by atoms with Crippen molar-refractivity contribution in [3.05, 3.63) is 67.8 Å². The molecule has 6 nitrogen and oxygen atoms in total. The van der Waals surface area contributed by atoms with Gasteiger partial charge >= 0.3 is 0 Å². The van der Waals surface area contributed by atoms with Gasteiger partial charge in [-0.2, -0.15) is 0 Å². The molecule has 3 aromatic carbocycles. The van der Waals surface area contributed by atoms with Crippen molar-refractivity contribution in [1.82, 2.24) is 0 Å². The Labute approximate surface area is 156 Å². The lowest BCUT2D eigenvalue weighted by molar-refractivity contribution is 0.330. The smallest absolute Gasteiger partial charge is 0.208 e. The summed E-state index contributed by atoms with van der Waals surface area (Å²) in [5.74, 6) is -4.35. The highest BCUT2D eigenvalue weighted by molar-refractivity contribution is 5.97. The lowest BCUT2D eigenvalue weighted by Crippen LogP contribution is -1.93. The third-order valence-corrected chi connectivity index (χ3v) is 3.75. The molecule has 0 aromatic heterocycles. The molecular formula is C21H21NO5. The van der Waals surface area contributed by atoms with Gasteiger partial charge in [-0.1, -0.05) is 48.6 Å². The number of phenolic OH excluding ortho intramolecular Hbond substituents is 5. The van der Waals surface area contributed by atoms with Crippen LogP contribution in [0.1, 0.15) is 6.42 Å². The number of nitrogens with one attached hydrogen (secondary N) is 1. The monoisotopic (exact) mass is 367 g/mol. The number of aromatic hydroxyl groups is 5. The number of hydrogen-bond donors (Lipinski definition) is 6. The Bertz CT molecular complexity index is 941. The second-order valence-corrected chi connectivity index (χ2v) is 5.58. The second kappa shape index (κ2) is 8.53. The maximum absolute atomic E-state index is 9.87. The van der Waals surface area contributed by atoms with E-state index in [4.69, 9.17) is 0 Å². The third kappa shape index (κ3) is 4.07. The first-order chi connectivity index (χ1) is 12.9. The fraction of sp³-hybridized carbons (Fsp3) is 0.0476. The third-order valence-electron chi connectivity index (χ3n) is 3.75. The molecule has 0 saturated heterocycles. The van der Waals surface area contributed by atoms with Crippen LogP contribution in [0.4, 0.5) is 11.4 Å². The molecule has 0 fully saturated rings. The summed E-state index contributed by atoms with van der Waals surface area (Å²) in [7, 11) is 0. The number of benzene rings is 3. The van der Waals surface area contributed by atoms with Gasteiger partial charge in [-0.15, -0.1) is 13.2 Å². The van der Waals surface area contributed by atoms with Crippen LogP contribution in [0.2, 0.25) is 0 Å². The molecule has 3 rings (SSSR count). The Morgan fingerprint density at radius 1 is 0.704 bits per heavy atom. The number of anilines is 2. The van der Waals surface area contributed by atoms with Crippen LogP contribution >= 0.6 is 0 Å². The Morgan fingerprint density at radius 3 is 1.78 bits per heavy atom. The predicted octanol–water partition coefficient (Wildman–Crippen LogP) is 4.86. The number of phenols is 5. The molecular weight excluding hydrogens is 346 g/mol. The Balaban J connectivity index is 0.000000465. The standard InChI is InChI=1S/C16H13NO5.C5H8/c18-12-11(13(19)15(21)16(22)14(12)20)17-10-7-3-5-8-4-1-2-6-9(8)10;1-3-5-4-2/h1-7,17-22H;3-4H,1-2,5H2. The van der Waals surface area contributed by atoms with Crippen molar-refractivity contribution in [3.8, 4) is 28.7 Å². The van der Waals surface area contributed by atoms with Gasteiger partial charge in [-0.05, 0) is 17.9 Å². The fourth-order valence-electron chi connectivity index (χ4n) is 2.39. The van der Waals surface area contributed by atoms with E-state index in [1.165, 1.54) is 0 Å². The van der Waals surface area contributed by atoms with E-state index in [1.807, 2.05) is 42.5 Å². The molecule has 0 spiro atoms. The topological polar surface area (TPSA) is 113 Å². The first-order valence-electron chi connectivity index (χ1n) is 8.07. The van der Waals surface area contributed by atoms with Gasteiger partial charge in [0.2, 0.25) is 17.2 Å². The SMILES string of the molecule is C=CCC=C.Oc1c(O)c(O)c(Nc2cccc3ccccc23)c(O)c1O. The molecule has 0 aliphatic carbocycles. The average molecular weight is 367 g/mol. The molecule has 140 valence electrons. The van der Waals surface area contributed by atoms with Crippen LogP contribution in [0.25, 0.3) is 10.8 Å². The van der Waals surface area contributed by atoms with Crippen molar-refractivity contribution in [2.45, 2.75) is 6.42 Å². The zero-order chi connectivity index (χ0) is 20.0. The highest BCUT2D eigenvalue weighted by atomic mass is 16.4. The summed E-state index contributed by atoms with van der Waals surface area (Å²) >= 11 is 0. The zero-order valence-electron chi connectivity index (χ0n) is 14.6. The van der Waals surface area contributed by atoms with Crippen molar-refractivity contribution in [2.75, 3.05) is 5.32 Å². The number of fused-ring (bicyclic) bond motifs is 1. The number of rotatable bonds is 4. The van der Waals surface area contributed by atoms with Gasteiger partial charge in [0, 0.05) is 11.1 Å².